The summed E-state index contributed by atoms with van der Waals surface area (Å²) in [7, 11) is 0. The number of benzene rings is 1. The van der Waals surface area contributed by atoms with Gasteiger partial charge in [0.15, 0.2) is 0 Å². The van der Waals surface area contributed by atoms with Gasteiger partial charge in [0.25, 0.3) is 0 Å². The number of aliphatic hydroxyl groups excluding tert-OH is 1. The molecule has 0 radical (unpaired) electrons. The van der Waals surface area contributed by atoms with Crippen LogP contribution >= 0.6 is 23.2 Å². The molecule has 0 saturated carbocycles. The zero-order valence-corrected chi connectivity index (χ0v) is 15.4. The molecule has 2 aromatic heterocycles. The third-order valence-corrected chi connectivity index (χ3v) is 4.94. The average molecular weight is 390 g/mol. The van der Waals surface area contributed by atoms with Crippen molar-refractivity contribution in [2.24, 2.45) is 0 Å². The van der Waals surface area contributed by atoms with E-state index in [0.29, 0.717) is 34.1 Å². The van der Waals surface area contributed by atoms with Crippen LogP contribution < -0.4 is 4.90 Å². The summed E-state index contributed by atoms with van der Waals surface area (Å²) >= 11 is 12.5. The molecule has 0 unspecified atom stereocenters. The number of halogens is 2. The Labute approximate surface area is 160 Å². The van der Waals surface area contributed by atoms with Crippen molar-refractivity contribution in [1.29, 1.82) is 0 Å². The highest BCUT2D eigenvalue weighted by Crippen LogP contribution is 2.35. The van der Waals surface area contributed by atoms with Crippen LogP contribution in [0.15, 0.2) is 36.8 Å². The molecule has 26 heavy (non-hydrogen) atoms. The number of imidazole rings is 1. The van der Waals surface area contributed by atoms with E-state index in [2.05, 4.69) is 15.0 Å². The molecule has 3 aromatic rings. The predicted octanol–water partition coefficient (Wildman–Crippen LogP) is 3.80. The molecule has 1 aromatic carbocycles. The number of nitrogens with zero attached hydrogens (tertiary/aromatic N) is 4. The first-order chi connectivity index (χ1) is 12.6. The van der Waals surface area contributed by atoms with Crippen LogP contribution in [0.5, 0.6) is 0 Å². The first kappa shape index (κ1) is 17.3. The van der Waals surface area contributed by atoms with Crippen molar-refractivity contribution in [1.82, 2.24) is 19.9 Å². The zero-order chi connectivity index (χ0) is 18.1. The fraction of sp³-hybridized carbons (Fsp3) is 0.278. The van der Waals surface area contributed by atoms with E-state index in [4.69, 9.17) is 28.2 Å². The SMILES string of the molecule is O[C@H]1CCCN(c2ncc(-c3ncc[nH]3)c(-c3ccc(Cl)cc3Cl)n2)C1. The van der Waals surface area contributed by atoms with E-state index < -0.39 is 0 Å². The maximum Gasteiger partial charge on any atom is 0.225 e. The maximum atomic E-state index is 9.96. The van der Waals surface area contributed by atoms with Crippen molar-refractivity contribution in [3.63, 3.8) is 0 Å². The average Bonchev–Trinajstić information content (AvgIpc) is 3.16. The van der Waals surface area contributed by atoms with Gasteiger partial charge in [-0.05, 0) is 31.0 Å². The van der Waals surface area contributed by atoms with Crippen LogP contribution in [-0.4, -0.2) is 44.2 Å². The number of piperidine rings is 1. The van der Waals surface area contributed by atoms with Gasteiger partial charge < -0.3 is 15.0 Å². The Morgan fingerprint density at radius 2 is 2.08 bits per heavy atom. The van der Waals surface area contributed by atoms with Gasteiger partial charge in [-0.1, -0.05) is 23.2 Å². The number of hydrogen-bond acceptors (Lipinski definition) is 5. The number of H-pyrrole nitrogens is 1. The molecule has 4 rings (SSSR count). The number of hydrogen-bond donors (Lipinski definition) is 2. The normalized spacial score (nSPS) is 17.5. The summed E-state index contributed by atoms with van der Waals surface area (Å²) in [6, 6.07) is 5.31. The number of β-amino-alcohol motifs (C(OH)–C–C–N with tert-alkyl or cyclic N) is 1. The quantitative estimate of drug-likeness (QED) is 0.711. The molecule has 1 aliphatic rings. The Morgan fingerprint density at radius 3 is 2.81 bits per heavy atom. The van der Waals surface area contributed by atoms with Crippen LogP contribution in [0.2, 0.25) is 10.0 Å². The minimum absolute atomic E-state index is 0.361. The molecule has 1 saturated heterocycles. The number of aliphatic hydroxyl groups is 1. The Morgan fingerprint density at radius 1 is 1.19 bits per heavy atom. The van der Waals surface area contributed by atoms with Crippen LogP contribution in [-0.2, 0) is 0 Å². The number of nitrogens with one attached hydrogen (secondary N) is 1. The molecule has 2 N–H and O–H groups in total. The van der Waals surface area contributed by atoms with Gasteiger partial charge in [0.1, 0.15) is 5.82 Å². The van der Waals surface area contributed by atoms with Gasteiger partial charge in [0.05, 0.1) is 22.4 Å². The van der Waals surface area contributed by atoms with Crippen LogP contribution in [0, 0.1) is 0 Å². The molecule has 1 fully saturated rings. The lowest BCUT2D eigenvalue weighted by Crippen LogP contribution is -2.39. The van der Waals surface area contributed by atoms with Gasteiger partial charge in [-0.3, -0.25) is 0 Å². The standard InChI is InChI=1S/C18H17Cl2N5O/c19-11-3-4-13(15(20)8-11)16-14(17-21-5-6-22-17)9-23-18(24-16)25-7-1-2-12(26)10-25/h3-6,8-9,12,26H,1-2,7,10H2,(H,21,22)/t12-/m0/s1. The molecule has 0 aliphatic carbocycles. The number of aromatic amines is 1. The topological polar surface area (TPSA) is 77.9 Å². The van der Waals surface area contributed by atoms with Crippen LogP contribution in [0.25, 0.3) is 22.6 Å². The van der Waals surface area contributed by atoms with E-state index in [1.807, 2.05) is 11.0 Å². The molecule has 0 amide bonds. The predicted molar refractivity (Wildman–Crippen MR) is 103 cm³/mol. The van der Waals surface area contributed by atoms with E-state index in [9.17, 15) is 5.11 Å². The lowest BCUT2D eigenvalue weighted by molar-refractivity contribution is 0.153. The highest BCUT2D eigenvalue weighted by molar-refractivity contribution is 6.36. The molecule has 1 aliphatic heterocycles. The second-order valence-electron chi connectivity index (χ2n) is 6.24. The Bertz CT molecular complexity index is 916. The fourth-order valence-corrected chi connectivity index (χ4v) is 3.63. The summed E-state index contributed by atoms with van der Waals surface area (Å²) in [4.78, 5) is 18.7. The van der Waals surface area contributed by atoms with Crippen molar-refractivity contribution in [2.75, 3.05) is 18.0 Å². The van der Waals surface area contributed by atoms with E-state index in [1.165, 1.54) is 0 Å². The monoisotopic (exact) mass is 389 g/mol. The van der Waals surface area contributed by atoms with Crippen molar-refractivity contribution in [3.8, 4) is 22.6 Å². The summed E-state index contributed by atoms with van der Waals surface area (Å²) < 4.78 is 0. The van der Waals surface area contributed by atoms with E-state index in [1.54, 1.807) is 30.7 Å². The molecular formula is C18H17Cl2N5O. The molecule has 6 nitrogen and oxygen atoms in total. The van der Waals surface area contributed by atoms with Crippen molar-refractivity contribution in [2.45, 2.75) is 18.9 Å². The largest absolute Gasteiger partial charge is 0.391 e. The van der Waals surface area contributed by atoms with E-state index >= 15 is 0 Å². The molecule has 0 bridgehead atoms. The van der Waals surface area contributed by atoms with Crippen molar-refractivity contribution >= 4 is 29.2 Å². The van der Waals surface area contributed by atoms with E-state index in [-0.39, 0.29) is 6.10 Å². The summed E-state index contributed by atoms with van der Waals surface area (Å²) in [6.45, 7) is 1.33. The Hall–Kier alpha value is -2.15. The van der Waals surface area contributed by atoms with Crippen molar-refractivity contribution in [3.05, 3.63) is 46.8 Å². The lowest BCUT2D eigenvalue weighted by atomic mass is 10.1. The molecule has 0 spiro atoms. The Kier molecular flexibility index (Phi) is 4.80. The first-order valence-electron chi connectivity index (χ1n) is 8.37. The minimum atomic E-state index is -0.361. The summed E-state index contributed by atoms with van der Waals surface area (Å²) in [5, 5.41) is 11.0. The second kappa shape index (κ2) is 7.23. The summed E-state index contributed by atoms with van der Waals surface area (Å²) in [5.41, 5.74) is 2.18. The van der Waals surface area contributed by atoms with Gasteiger partial charge >= 0.3 is 0 Å². The summed E-state index contributed by atoms with van der Waals surface area (Å²) in [6.07, 6.45) is 6.51. The van der Waals surface area contributed by atoms with E-state index in [0.717, 1.165) is 30.5 Å². The molecule has 134 valence electrons. The second-order valence-corrected chi connectivity index (χ2v) is 7.08. The van der Waals surface area contributed by atoms with Gasteiger partial charge in [-0.15, -0.1) is 0 Å². The van der Waals surface area contributed by atoms with Gasteiger partial charge in [-0.2, -0.15) is 0 Å². The fourth-order valence-electron chi connectivity index (χ4n) is 3.13. The number of rotatable bonds is 3. The van der Waals surface area contributed by atoms with Crippen LogP contribution in [0.1, 0.15) is 12.8 Å². The molecule has 8 heteroatoms. The van der Waals surface area contributed by atoms with Gasteiger partial charge in [0.2, 0.25) is 5.95 Å². The number of aromatic nitrogens is 4. The van der Waals surface area contributed by atoms with Gasteiger partial charge in [-0.25, -0.2) is 15.0 Å². The maximum absolute atomic E-state index is 9.96. The Balaban J connectivity index is 1.83. The summed E-state index contributed by atoms with van der Waals surface area (Å²) in [5.74, 6) is 1.23. The highest BCUT2D eigenvalue weighted by atomic mass is 35.5. The smallest absolute Gasteiger partial charge is 0.225 e. The van der Waals surface area contributed by atoms with Crippen LogP contribution in [0.3, 0.4) is 0 Å². The lowest BCUT2D eigenvalue weighted by Gasteiger charge is -2.30. The highest BCUT2D eigenvalue weighted by Gasteiger charge is 2.22. The molecule has 1 atom stereocenters. The molecule has 3 heterocycles. The number of anilines is 1. The third kappa shape index (κ3) is 3.40. The van der Waals surface area contributed by atoms with Crippen LogP contribution in [0.4, 0.5) is 5.95 Å². The van der Waals surface area contributed by atoms with Gasteiger partial charge in [0, 0.05) is 42.3 Å². The third-order valence-electron chi connectivity index (χ3n) is 4.39. The molecular weight excluding hydrogens is 373 g/mol. The zero-order valence-electron chi connectivity index (χ0n) is 13.9. The minimum Gasteiger partial charge on any atom is -0.391 e. The first-order valence-corrected chi connectivity index (χ1v) is 9.12. The van der Waals surface area contributed by atoms with Crippen molar-refractivity contribution < 1.29 is 5.11 Å².